The number of ether oxygens (including phenoxy) is 1. The van der Waals surface area contributed by atoms with Crippen molar-refractivity contribution in [2.24, 2.45) is 0 Å². The molecule has 19 heavy (non-hydrogen) atoms. The Kier molecular flexibility index (Phi) is 6.72. The monoisotopic (exact) mass is 316 g/mol. The quantitative estimate of drug-likeness (QED) is 0.415. The number of benzene rings is 1. The molecule has 0 saturated heterocycles. The van der Waals surface area contributed by atoms with E-state index in [1.807, 2.05) is 0 Å². The summed E-state index contributed by atoms with van der Waals surface area (Å²) >= 11 is 11.7. The molecule has 0 atom stereocenters. The van der Waals surface area contributed by atoms with E-state index in [2.05, 4.69) is 30.3 Å². The van der Waals surface area contributed by atoms with Crippen molar-refractivity contribution in [2.75, 3.05) is 6.61 Å². The van der Waals surface area contributed by atoms with Crippen molar-refractivity contribution >= 4 is 29.6 Å². The summed E-state index contributed by atoms with van der Waals surface area (Å²) in [6.45, 7) is 0.823. The molecule has 0 heterocycles. The van der Waals surface area contributed by atoms with Crippen LogP contribution in [0.25, 0.3) is 0 Å². The molecule has 0 N–H and O–H groups in total. The van der Waals surface area contributed by atoms with Crippen LogP contribution in [0.1, 0.15) is 43.6 Å². The number of hydrogen-bond acceptors (Lipinski definition) is 1. The number of halogens is 2. The molecule has 1 aliphatic rings. The summed E-state index contributed by atoms with van der Waals surface area (Å²) in [4.78, 5) is 0. The third kappa shape index (κ3) is 5.47. The van der Waals surface area contributed by atoms with E-state index in [1.165, 1.54) is 31.2 Å². The highest BCUT2D eigenvalue weighted by molar-refractivity contribution is 7.33. The van der Waals surface area contributed by atoms with E-state index in [4.69, 9.17) is 26.9 Å². The van der Waals surface area contributed by atoms with Gasteiger partial charge in [-0.1, -0.05) is 30.3 Å². The maximum absolute atomic E-state index is 5.92. The molecular weight excluding hydrogens is 295 g/mol. The second kappa shape index (κ2) is 8.31. The van der Waals surface area contributed by atoms with Crippen LogP contribution in [0.4, 0.5) is 0 Å². The zero-order chi connectivity index (χ0) is 13.5. The second-order valence-corrected chi connectivity index (χ2v) is 10.5. The van der Waals surface area contributed by atoms with Crippen LogP contribution in [0.5, 0.6) is 0 Å². The summed E-state index contributed by atoms with van der Waals surface area (Å²) in [7, 11) is -1.43. The van der Waals surface area contributed by atoms with Gasteiger partial charge in [0.05, 0.1) is 6.10 Å². The van der Waals surface area contributed by atoms with Crippen LogP contribution < -0.4 is 0 Å². The van der Waals surface area contributed by atoms with E-state index in [0.717, 1.165) is 25.0 Å². The Morgan fingerprint density at radius 1 is 1.05 bits per heavy atom. The Hall–Kier alpha value is -0.0231. The van der Waals surface area contributed by atoms with Crippen LogP contribution in [0.2, 0.25) is 6.04 Å². The third-order valence-corrected chi connectivity index (χ3v) is 6.02. The SMILES string of the molecule is Cl[SiH](Cl)CCCO[C@H]1CC[C@H](c2ccccc2)CC1. The first-order chi connectivity index (χ1) is 9.25. The van der Waals surface area contributed by atoms with Crippen LogP contribution in [0.3, 0.4) is 0 Å². The molecule has 0 amide bonds. The lowest BCUT2D eigenvalue weighted by atomic mass is 9.83. The fourth-order valence-electron chi connectivity index (χ4n) is 2.78. The molecule has 4 heteroatoms. The molecule has 2 rings (SSSR count). The lowest BCUT2D eigenvalue weighted by molar-refractivity contribution is 0.0251. The molecule has 0 spiro atoms. The van der Waals surface area contributed by atoms with E-state index in [0.29, 0.717) is 6.10 Å². The van der Waals surface area contributed by atoms with Crippen LogP contribution in [0.15, 0.2) is 30.3 Å². The molecule has 0 aliphatic heterocycles. The molecule has 1 aromatic carbocycles. The highest BCUT2D eigenvalue weighted by Crippen LogP contribution is 2.33. The summed E-state index contributed by atoms with van der Waals surface area (Å²) < 4.78 is 5.92. The van der Waals surface area contributed by atoms with Gasteiger partial charge in [0.15, 0.2) is 0 Å². The molecule has 1 saturated carbocycles. The molecule has 1 aliphatic carbocycles. The lowest BCUT2D eigenvalue weighted by Gasteiger charge is -2.28. The summed E-state index contributed by atoms with van der Waals surface area (Å²) in [6.07, 6.45) is 6.33. The molecule has 0 aromatic heterocycles. The Morgan fingerprint density at radius 3 is 2.37 bits per heavy atom. The minimum absolute atomic E-state index is 0.450. The topological polar surface area (TPSA) is 9.23 Å². The highest BCUT2D eigenvalue weighted by atomic mass is 35.7. The van der Waals surface area contributed by atoms with Crippen molar-refractivity contribution in [3.8, 4) is 0 Å². The van der Waals surface area contributed by atoms with Gasteiger partial charge in [-0.05, 0) is 49.6 Å². The average molecular weight is 317 g/mol. The zero-order valence-electron chi connectivity index (χ0n) is 11.2. The first-order valence-corrected chi connectivity index (χ1v) is 11.5. The van der Waals surface area contributed by atoms with Crippen LogP contribution >= 0.6 is 22.2 Å². The molecule has 1 nitrogen and oxygen atoms in total. The fraction of sp³-hybridized carbons (Fsp3) is 0.600. The van der Waals surface area contributed by atoms with E-state index in [9.17, 15) is 0 Å². The van der Waals surface area contributed by atoms with Crippen LogP contribution in [-0.4, -0.2) is 20.1 Å². The van der Waals surface area contributed by atoms with Gasteiger partial charge in [0, 0.05) is 6.61 Å². The molecule has 1 fully saturated rings. The number of hydrogen-bond donors (Lipinski definition) is 0. The van der Waals surface area contributed by atoms with Gasteiger partial charge < -0.3 is 4.74 Å². The van der Waals surface area contributed by atoms with Crippen molar-refractivity contribution in [1.29, 1.82) is 0 Å². The van der Waals surface area contributed by atoms with Crippen molar-refractivity contribution in [2.45, 2.75) is 50.2 Å². The zero-order valence-corrected chi connectivity index (χ0v) is 13.9. The van der Waals surface area contributed by atoms with E-state index < -0.39 is 7.42 Å². The Balaban J connectivity index is 1.65. The van der Waals surface area contributed by atoms with Gasteiger partial charge in [-0.15, -0.1) is 0 Å². The van der Waals surface area contributed by atoms with Gasteiger partial charge in [0.25, 0.3) is 0 Å². The summed E-state index contributed by atoms with van der Waals surface area (Å²) in [5.41, 5.74) is 1.49. The third-order valence-electron chi connectivity index (χ3n) is 3.87. The van der Waals surface area contributed by atoms with Crippen molar-refractivity contribution < 1.29 is 4.74 Å². The maximum atomic E-state index is 5.92. The Labute approximate surface area is 127 Å². The van der Waals surface area contributed by atoms with Crippen LogP contribution in [-0.2, 0) is 4.74 Å². The predicted octanol–water partition coefficient (Wildman–Crippen LogP) is 4.82. The van der Waals surface area contributed by atoms with Gasteiger partial charge in [-0.25, -0.2) is 0 Å². The largest absolute Gasteiger partial charge is 0.378 e. The predicted molar refractivity (Wildman–Crippen MR) is 85.7 cm³/mol. The van der Waals surface area contributed by atoms with Gasteiger partial charge in [0.1, 0.15) is 0 Å². The van der Waals surface area contributed by atoms with Crippen molar-refractivity contribution in [3.63, 3.8) is 0 Å². The average Bonchev–Trinajstić information content (AvgIpc) is 2.45. The van der Waals surface area contributed by atoms with Gasteiger partial charge in [0.2, 0.25) is 7.42 Å². The van der Waals surface area contributed by atoms with Crippen LogP contribution in [0, 0.1) is 0 Å². The summed E-state index contributed by atoms with van der Waals surface area (Å²) in [5.74, 6) is 0.725. The fourth-order valence-corrected chi connectivity index (χ4v) is 4.18. The van der Waals surface area contributed by atoms with Gasteiger partial charge in [-0.3, -0.25) is 0 Å². The molecule has 0 bridgehead atoms. The van der Waals surface area contributed by atoms with Gasteiger partial charge in [-0.2, -0.15) is 22.2 Å². The lowest BCUT2D eigenvalue weighted by Crippen LogP contribution is -2.21. The molecular formula is C15H22Cl2OSi. The highest BCUT2D eigenvalue weighted by Gasteiger charge is 2.22. The minimum Gasteiger partial charge on any atom is -0.378 e. The maximum Gasteiger partial charge on any atom is 0.237 e. The molecule has 1 aromatic rings. The first kappa shape index (κ1) is 15.4. The van der Waals surface area contributed by atoms with E-state index in [-0.39, 0.29) is 0 Å². The van der Waals surface area contributed by atoms with Gasteiger partial charge >= 0.3 is 0 Å². The standard InChI is InChI=1S/C15H22Cl2OSi/c16-19(17)12-4-11-18-15-9-7-14(8-10-15)13-5-2-1-3-6-13/h1-3,5-6,14-15,19H,4,7-12H2/t14-,15-. The van der Waals surface area contributed by atoms with E-state index in [1.54, 1.807) is 0 Å². The number of rotatable bonds is 6. The Morgan fingerprint density at radius 2 is 1.74 bits per heavy atom. The molecule has 0 unspecified atom stereocenters. The van der Waals surface area contributed by atoms with Crippen molar-refractivity contribution in [3.05, 3.63) is 35.9 Å². The van der Waals surface area contributed by atoms with E-state index >= 15 is 0 Å². The second-order valence-electron chi connectivity index (χ2n) is 5.29. The normalized spacial score (nSPS) is 23.7. The summed E-state index contributed by atoms with van der Waals surface area (Å²) in [5, 5.41) is 0. The minimum atomic E-state index is -1.43. The van der Waals surface area contributed by atoms with Crippen molar-refractivity contribution in [1.82, 2.24) is 0 Å². The Bertz CT molecular complexity index is 350. The molecule has 106 valence electrons. The first-order valence-electron chi connectivity index (χ1n) is 7.20. The smallest absolute Gasteiger partial charge is 0.237 e. The molecule has 0 radical (unpaired) electrons. The summed E-state index contributed by atoms with van der Waals surface area (Å²) in [6, 6.07) is 11.8.